The highest BCUT2D eigenvalue weighted by molar-refractivity contribution is 5.95. The van der Waals surface area contributed by atoms with Crippen LogP contribution in [0.3, 0.4) is 0 Å². The molecule has 2 aliphatic heterocycles. The monoisotopic (exact) mass is 339 g/mol. The van der Waals surface area contributed by atoms with E-state index in [1.807, 2.05) is 15.6 Å². The van der Waals surface area contributed by atoms with Gasteiger partial charge in [-0.2, -0.15) is 5.10 Å². The molecule has 0 saturated carbocycles. The van der Waals surface area contributed by atoms with Crippen molar-refractivity contribution in [3.05, 3.63) is 42.5 Å². The molecule has 1 aromatic carbocycles. The fraction of sp³-hybridized carbons (Fsp3) is 0.526. The average Bonchev–Trinajstić information content (AvgIpc) is 3.29. The van der Waals surface area contributed by atoms with Crippen LogP contribution in [-0.2, 0) is 17.8 Å². The molecule has 1 aromatic heterocycles. The third kappa shape index (κ3) is 3.74. The summed E-state index contributed by atoms with van der Waals surface area (Å²) in [5, 5.41) is 4.21. The molecule has 0 N–H and O–H groups in total. The Labute approximate surface area is 148 Å². The lowest BCUT2D eigenvalue weighted by atomic mass is 9.98. The summed E-state index contributed by atoms with van der Waals surface area (Å²) in [5.74, 6) is 0.849. The number of nitrogens with zero attached hydrogens (tertiary/aromatic N) is 5. The van der Waals surface area contributed by atoms with Gasteiger partial charge in [-0.3, -0.25) is 9.48 Å². The van der Waals surface area contributed by atoms with E-state index in [1.54, 1.807) is 12.7 Å². The first kappa shape index (κ1) is 16.3. The predicted molar refractivity (Wildman–Crippen MR) is 96.3 cm³/mol. The van der Waals surface area contributed by atoms with Gasteiger partial charge < -0.3 is 9.80 Å². The Morgan fingerprint density at radius 1 is 1.24 bits per heavy atom. The summed E-state index contributed by atoms with van der Waals surface area (Å²) in [6, 6.07) is 8.26. The van der Waals surface area contributed by atoms with Crippen LogP contribution in [0.4, 0.5) is 5.69 Å². The molecule has 1 fully saturated rings. The molecule has 6 nitrogen and oxygen atoms in total. The summed E-state index contributed by atoms with van der Waals surface area (Å²) < 4.78 is 1.92. The highest BCUT2D eigenvalue weighted by Crippen LogP contribution is 2.28. The van der Waals surface area contributed by atoms with E-state index in [1.165, 1.54) is 18.4 Å². The first-order valence-electron chi connectivity index (χ1n) is 9.22. The number of carbonyl (C=O) groups is 1. The molecule has 1 atom stereocenters. The normalized spacial score (nSPS) is 20.6. The maximum Gasteiger partial charge on any atom is 0.228 e. The molecule has 0 spiro atoms. The van der Waals surface area contributed by atoms with Gasteiger partial charge in [0.2, 0.25) is 5.91 Å². The van der Waals surface area contributed by atoms with Crippen molar-refractivity contribution in [1.29, 1.82) is 0 Å². The Kier molecular flexibility index (Phi) is 4.78. The SMILES string of the molecule is O=C(CCN1CCC[C@@H](Cn2cncn2)C1)N1CCc2ccccc21. The first-order valence-corrected chi connectivity index (χ1v) is 9.22. The minimum Gasteiger partial charge on any atom is -0.312 e. The summed E-state index contributed by atoms with van der Waals surface area (Å²) in [7, 11) is 0. The van der Waals surface area contributed by atoms with E-state index >= 15 is 0 Å². The van der Waals surface area contributed by atoms with Crippen LogP contribution in [0.5, 0.6) is 0 Å². The fourth-order valence-corrected chi connectivity index (χ4v) is 4.08. The van der Waals surface area contributed by atoms with Crippen LogP contribution < -0.4 is 4.90 Å². The van der Waals surface area contributed by atoms with Crippen LogP contribution in [0.25, 0.3) is 0 Å². The second kappa shape index (κ2) is 7.35. The predicted octanol–water partition coefficient (Wildman–Crippen LogP) is 1.97. The van der Waals surface area contributed by atoms with Crippen LogP contribution in [0, 0.1) is 5.92 Å². The van der Waals surface area contributed by atoms with E-state index in [4.69, 9.17) is 0 Å². The largest absolute Gasteiger partial charge is 0.312 e. The average molecular weight is 339 g/mol. The topological polar surface area (TPSA) is 54.3 Å². The van der Waals surface area contributed by atoms with E-state index in [0.29, 0.717) is 12.3 Å². The molecule has 132 valence electrons. The second-order valence-corrected chi connectivity index (χ2v) is 7.10. The number of rotatable bonds is 5. The molecular formula is C19H25N5O. The molecule has 2 aliphatic rings. The number of hydrogen-bond donors (Lipinski definition) is 0. The molecule has 0 radical (unpaired) electrons. The standard InChI is InChI=1S/C19H25N5O/c25-19(24-11-7-17-5-1-2-6-18(17)24)8-10-22-9-3-4-16(12-22)13-23-15-20-14-21-23/h1-2,5-6,14-16H,3-4,7-13H2/t16-/m1/s1. The van der Waals surface area contributed by atoms with Gasteiger partial charge in [0.25, 0.3) is 0 Å². The molecule has 3 heterocycles. The van der Waals surface area contributed by atoms with Crippen LogP contribution in [0.15, 0.2) is 36.9 Å². The number of anilines is 1. The van der Waals surface area contributed by atoms with Gasteiger partial charge in [0.1, 0.15) is 12.7 Å². The highest BCUT2D eigenvalue weighted by Gasteiger charge is 2.25. The summed E-state index contributed by atoms with van der Waals surface area (Å²) in [6.45, 7) is 4.74. The quantitative estimate of drug-likeness (QED) is 0.836. The van der Waals surface area contributed by atoms with Gasteiger partial charge in [0.15, 0.2) is 0 Å². The molecule has 0 aliphatic carbocycles. The summed E-state index contributed by atoms with van der Waals surface area (Å²) in [4.78, 5) is 21.1. The molecular weight excluding hydrogens is 314 g/mol. The number of fused-ring (bicyclic) bond motifs is 1. The Morgan fingerprint density at radius 2 is 2.16 bits per heavy atom. The molecule has 0 unspecified atom stereocenters. The molecule has 0 bridgehead atoms. The van der Waals surface area contributed by atoms with Crippen LogP contribution in [-0.4, -0.2) is 51.8 Å². The van der Waals surface area contributed by atoms with Gasteiger partial charge in [-0.25, -0.2) is 4.98 Å². The van der Waals surface area contributed by atoms with E-state index < -0.39 is 0 Å². The van der Waals surface area contributed by atoms with Crippen molar-refractivity contribution in [2.24, 2.45) is 5.92 Å². The maximum absolute atomic E-state index is 12.7. The Bertz CT molecular complexity index is 714. The Balaban J connectivity index is 1.29. The number of aromatic nitrogens is 3. The summed E-state index contributed by atoms with van der Waals surface area (Å²) in [6.07, 6.45) is 7.38. The van der Waals surface area contributed by atoms with Crippen molar-refractivity contribution >= 4 is 11.6 Å². The fourth-order valence-electron chi connectivity index (χ4n) is 4.08. The zero-order valence-electron chi connectivity index (χ0n) is 14.5. The molecule has 2 aromatic rings. The van der Waals surface area contributed by atoms with Crippen LogP contribution >= 0.6 is 0 Å². The third-order valence-corrected chi connectivity index (χ3v) is 5.35. The first-order chi connectivity index (χ1) is 12.3. The zero-order valence-corrected chi connectivity index (χ0v) is 14.5. The molecule has 4 rings (SSSR count). The number of para-hydroxylation sites is 1. The number of amides is 1. The van der Waals surface area contributed by atoms with E-state index in [-0.39, 0.29) is 5.91 Å². The Morgan fingerprint density at radius 3 is 3.04 bits per heavy atom. The number of carbonyl (C=O) groups excluding carboxylic acids is 1. The van der Waals surface area contributed by atoms with Crippen molar-refractivity contribution in [2.75, 3.05) is 31.1 Å². The minimum absolute atomic E-state index is 0.253. The van der Waals surface area contributed by atoms with Gasteiger partial charge in [0, 0.05) is 38.3 Å². The third-order valence-electron chi connectivity index (χ3n) is 5.35. The molecule has 1 amide bonds. The maximum atomic E-state index is 12.7. The lowest BCUT2D eigenvalue weighted by molar-refractivity contribution is -0.118. The summed E-state index contributed by atoms with van der Waals surface area (Å²) >= 11 is 0. The van der Waals surface area contributed by atoms with Gasteiger partial charge in [-0.15, -0.1) is 0 Å². The zero-order chi connectivity index (χ0) is 17.1. The van der Waals surface area contributed by atoms with Crippen molar-refractivity contribution < 1.29 is 4.79 Å². The number of benzene rings is 1. The van der Waals surface area contributed by atoms with Crippen molar-refractivity contribution in [3.63, 3.8) is 0 Å². The van der Waals surface area contributed by atoms with Crippen molar-refractivity contribution in [2.45, 2.75) is 32.2 Å². The lowest BCUT2D eigenvalue weighted by Crippen LogP contribution is -2.40. The molecule has 6 heteroatoms. The van der Waals surface area contributed by atoms with E-state index in [9.17, 15) is 4.79 Å². The van der Waals surface area contributed by atoms with Gasteiger partial charge in [-0.1, -0.05) is 18.2 Å². The van der Waals surface area contributed by atoms with Gasteiger partial charge >= 0.3 is 0 Å². The number of likely N-dealkylation sites (tertiary alicyclic amines) is 1. The lowest BCUT2D eigenvalue weighted by Gasteiger charge is -2.32. The summed E-state index contributed by atoms with van der Waals surface area (Å²) in [5.41, 5.74) is 2.40. The number of piperidine rings is 1. The van der Waals surface area contributed by atoms with Crippen molar-refractivity contribution in [3.8, 4) is 0 Å². The minimum atomic E-state index is 0.253. The van der Waals surface area contributed by atoms with E-state index in [2.05, 4.69) is 33.2 Å². The van der Waals surface area contributed by atoms with Crippen LogP contribution in [0.2, 0.25) is 0 Å². The Hall–Kier alpha value is -2.21. The van der Waals surface area contributed by atoms with Gasteiger partial charge in [0.05, 0.1) is 0 Å². The van der Waals surface area contributed by atoms with E-state index in [0.717, 1.165) is 44.8 Å². The van der Waals surface area contributed by atoms with Gasteiger partial charge in [-0.05, 0) is 43.4 Å². The second-order valence-electron chi connectivity index (χ2n) is 7.10. The smallest absolute Gasteiger partial charge is 0.228 e. The molecule has 25 heavy (non-hydrogen) atoms. The number of hydrogen-bond acceptors (Lipinski definition) is 4. The molecule has 1 saturated heterocycles. The highest BCUT2D eigenvalue weighted by atomic mass is 16.2. The van der Waals surface area contributed by atoms with Crippen LogP contribution in [0.1, 0.15) is 24.8 Å². The van der Waals surface area contributed by atoms with Crippen molar-refractivity contribution in [1.82, 2.24) is 19.7 Å².